The minimum absolute atomic E-state index is 0.308. The normalized spacial score (nSPS) is 23.6. The zero-order chi connectivity index (χ0) is 19.4. The molecule has 7 nitrogen and oxygen atoms in total. The van der Waals surface area contributed by atoms with Crippen molar-refractivity contribution in [2.45, 2.75) is 50.5 Å². The highest BCUT2D eigenvalue weighted by Crippen LogP contribution is 2.64. The standard InChI is InChI=1S/C21H22ClN5O2/c22-15-3-1-2-14(10-15)19-24-20(29-26-19)16-11-21(16)6-8-27(9-7-21)12-17-23-18(25-28-17)13-4-5-13/h1-3,10,13,16H,4-9,11-12H2. The molecular weight excluding hydrogens is 390 g/mol. The van der Waals surface area contributed by atoms with Gasteiger partial charge in [0.15, 0.2) is 5.82 Å². The minimum Gasteiger partial charge on any atom is -0.339 e. The maximum absolute atomic E-state index is 6.08. The molecule has 3 heterocycles. The van der Waals surface area contributed by atoms with Crippen molar-refractivity contribution < 1.29 is 9.05 Å². The van der Waals surface area contributed by atoms with Gasteiger partial charge in [-0.25, -0.2) is 0 Å². The topological polar surface area (TPSA) is 81.1 Å². The van der Waals surface area contributed by atoms with E-state index in [1.807, 2.05) is 24.3 Å². The van der Waals surface area contributed by atoms with Crippen molar-refractivity contribution in [1.29, 1.82) is 0 Å². The van der Waals surface area contributed by atoms with E-state index in [0.29, 0.717) is 28.1 Å². The number of nitrogens with zero attached hydrogens (tertiary/aromatic N) is 5. The van der Waals surface area contributed by atoms with E-state index in [0.717, 1.165) is 62.1 Å². The summed E-state index contributed by atoms with van der Waals surface area (Å²) >= 11 is 6.08. The smallest absolute Gasteiger partial charge is 0.240 e. The Morgan fingerprint density at radius 2 is 1.97 bits per heavy atom. The molecule has 3 aliphatic rings. The first kappa shape index (κ1) is 17.6. The molecule has 1 saturated heterocycles. The lowest BCUT2D eigenvalue weighted by molar-refractivity contribution is 0.144. The molecule has 2 aromatic heterocycles. The van der Waals surface area contributed by atoms with Crippen LogP contribution in [0.25, 0.3) is 11.4 Å². The van der Waals surface area contributed by atoms with Gasteiger partial charge in [0.1, 0.15) is 0 Å². The summed E-state index contributed by atoms with van der Waals surface area (Å²) in [5.74, 6) is 3.93. The van der Waals surface area contributed by atoms with Crippen LogP contribution in [0.2, 0.25) is 5.02 Å². The second-order valence-corrected chi connectivity index (χ2v) is 9.12. The summed E-state index contributed by atoms with van der Waals surface area (Å²) in [7, 11) is 0. The van der Waals surface area contributed by atoms with Gasteiger partial charge in [0.2, 0.25) is 17.6 Å². The third-order valence-electron chi connectivity index (χ3n) is 6.65. The summed E-state index contributed by atoms with van der Waals surface area (Å²) in [6.07, 6.45) is 5.79. The average molecular weight is 412 g/mol. The van der Waals surface area contributed by atoms with Crippen LogP contribution in [0.15, 0.2) is 33.3 Å². The fourth-order valence-electron chi connectivity index (χ4n) is 4.56. The first-order chi connectivity index (χ1) is 14.2. The molecule has 3 aromatic rings. The van der Waals surface area contributed by atoms with Gasteiger partial charge in [0.05, 0.1) is 6.54 Å². The van der Waals surface area contributed by atoms with Crippen LogP contribution in [-0.2, 0) is 6.54 Å². The maximum Gasteiger partial charge on any atom is 0.240 e. The van der Waals surface area contributed by atoms with Crippen LogP contribution in [0.4, 0.5) is 0 Å². The number of likely N-dealkylation sites (tertiary alicyclic amines) is 1. The quantitative estimate of drug-likeness (QED) is 0.614. The SMILES string of the molecule is Clc1cccc(-c2noc(C3CC34CCN(Cc3nc(C5CC5)no3)CC4)n2)c1. The lowest BCUT2D eigenvalue weighted by Crippen LogP contribution is -2.34. The third kappa shape index (κ3) is 3.36. The van der Waals surface area contributed by atoms with E-state index >= 15 is 0 Å². The van der Waals surface area contributed by atoms with Crippen molar-refractivity contribution in [3.63, 3.8) is 0 Å². The summed E-state index contributed by atoms with van der Waals surface area (Å²) in [5, 5.41) is 8.97. The Morgan fingerprint density at radius 3 is 2.76 bits per heavy atom. The highest BCUT2D eigenvalue weighted by molar-refractivity contribution is 6.30. The van der Waals surface area contributed by atoms with Gasteiger partial charge in [-0.05, 0) is 62.7 Å². The van der Waals surface area contributed by atoms with Crippen LogP contribution in [0.1, 0.15) is 61.5 Å². The molecule has 1 aromatic carbocycles. The van der Waals surface area contributed by atoms with E-state index in [9.17, 15) is 0 Å². The number of benzene rings is 1. The lowest BCUT2D eigenvalue weighted by Gasteiger charge is -2.31. The zero-order valence-electron chi connectivity index (χ0n) is 16.1. The number of halogens is 1. The number of hydrogen-bond donors (Lipinski definition) is 0. The number of rotatable bonds is 5. The number of hydrogen-bond acceptors (Lipinski definition) is 7. The van der Waals surface area contributed by atoms with E-state index < -0.39 is 0 Å². The van der Waals surface area contributed by atoms with E-state index in [-0.39, 0.29) is 0 Å². The maximum atomic E-state index is 6.08. The number of piperidine rings is 1. The van der Waals surface area contributed by atoms with Crippen molar-refractivity contribution in [2.75, 3.05) is 13.1 Å². The van der Waals surface area contributed by atoms with Crippen molar-refractivity contribution in [2.24, 2.45) is 5.41 Å². The Morgan fingerprint density at radius 1 is 1.10 bits per heavy atom. The van der Waals surface area contributed by atoms with Gasteiger partial charge < -0.3 is 9.05 Å². The molecule has 1 spiro atoms. The fourth-order valence-corrected chi connectivity index (χ4v) is 4.75. The molecule has 150 valence electrons. The van der Waals surface area contributed by atoms with Crippen molar-refractivity contribution in [3.8, 4) is 11.4 Å². The van der Waals surface area contributed by atoms with Gasteiger partial charge in [-0.1, -0.05) is 34.0 Å². The summed E-state index contributed by atoms with van der Waals surface area (Å²) < 4.78 is 11.0. The van der Waals surface area contributed by atoms with E-state index in [1.54, 1.807) is 0 Å². The van der Waals surface area contributed by atoms with E-state index in [1.165, 1.54) is 12.8 Å². The molecule has 0 N–H and O–H groups in total. The van der Waals surface area contributed by atoms with Crippen molar-refractivity contribution in [1.82, 2.24) is 25.2 Å². The molecule has 1 unspecified atom stereocenters. The second kappa shape index (κ2) is 6.64. The van der Waals surface area contributed by atoms with Gasteiger partial charge in [0.25, 0.3) is 0 Å². The van der Waals surface area contributed by atoms with Crippen molar-refractivity contribution >= 4 is 11.6 Å². The molecule has 1 aliphatic heterocycles. The predicted molar refractivity (Wildman–Crippen MR) is 105 cm³/mol. The van der Waals surface area contributed by atoms with Crippen LogP contribution < -0.4 is 0 Å². The van der Waals surface area contributed by atoms with Gasteiger partial charge in [-0.2, -0.15) is 9.97 Å². The largest absolute Gasteiger partial charge is 0.339 e. The predicted octanol–water partition coefficient (Wildman–Crippen LogP) is 4.42. The summed E-state index contributed by atoms with van der Waals surface area (Å²) in [6, 6.07) is 7.56. The molecule has 1 atom stereocenters. The number of aromatic nitrogens is 4. The van der Waals surface area contributed by atoms with Crippen LogP contribution in [0.3, 0.4) is 0 Å². The lowest BCUT2D eigenvalue weighted by atomic mass is 9.91. The van der Waals surface area contributed by atoms with Gasteiger partial charge in [-0.3, -0.25) is 4.90 Å². The summed E-state index contributed by atoms with van der Waals surface area (Å²) in [6.45, 7) is 2.82. The van der Waals surface area contributed by atoms with Crippen LogP contribution in [0.5, 0.6) is 0 Å². The molecule has 6 rings (SSSR count). The first-order valence-corrected chi connectivity index (χ1v) is 10.7. The van der Waals surface area contributed by atoms with Gasteiger partial charge in [0, 0.05) is 22.4 Å². The molecule has 0 amide bonds. The van der Waals surface area contributed by atoms with Gasteiger partial charge >= 0.3 is 0 Å². The first-order valence-electron chi connectivity index (χ1n) is 10.3. The molecule has 2 saturated carbocycles. The van der Waals surface area contributed by atoms with Gasteiger partial charge in [-0.15, -0.1) is 0 Å². The summed E-state index contributed by atoms with van der Waals surface area (Å²) in [5.41, 5.74) is 1.20. The highest BCUT2D eigenvalue weighted by Gasteiger charge is 2.58. The molecule has 3 fully saturated rings. The molecule has 0 bridgehead atoms. The van der Waals surface area contributed by atoms with Crippen molar-refractivity contribution in [3.05, 3.63) is 46.9 Å². The Kier molecular flexibility index (Phi) is 4.03. The molecular formula is C21H22ClN5O2. The van der Waals surface area contributed by atoms with Crippen LogP contribution in [-0.4, -0.2) is 38.3 Å². The molecule has 8 heteroatoms. The Balaban J connectivity index is 1.08. The summed E-state index contributed by atoms with van der Waals surface area (Å²) in [4.78, 5) is 11.6. The minimum atomic E-state index is 0.308. The van der Waals surface area contributed by atoms with Crippen LogP contribution >= 0.6 is 11.6 Å². The average Bonchev–Trinajstić information content (AvgIpc) is 3.59. The molecule has 2 aliphatic carbocycles. The third-order valence-corrected chi connectivity index (χ3v) is 6.88. The second-order valence-electron chi connectivity index (χ2n) is 8.68. The molecule has 0 radical (unpaired) electrons. The Bertz CT molecular complexity index is 1040. The Labute approximate surface area is 173 Å². The van der Waals surface area contributed by atoms with E-state index in [4.69, 9.17) is 20.6 Å². The molecule has 29 heavy (non-hydrogen) atoms. The fraction of sp³-hybridized carbons (Fsp3) is 0.524. The monoisotopic (exact) mass is 411 g/mol. The zero-order valence-corrected chi connectivity index (χ0v) is 16.8. The van der Waals surface area contributed by atoms with E-state index in [2.05, 4.69) is 25.2 Å². The Hall–Kier alpha value is -2.25. The highest BCUT2D eigenvalue weighted by atomic mass is 35.5. The van der Waals surface area contributed by atoms with Crippen LogP contribution in [0, 0.1) is 5.41 Å².